The average Bonchev–Trinajstić information content (AvgIpc) is 2.31. The number of rotatable bonds is 2. The highest BCUT2D eigenvalue weighted by Crippen LogP contribution is 2.40. The van der Waals surface area contributed by atoms with E-state index in [9.17, 15) is 0 Å². The lowest BCUT2D eigenvalue weighted by Crippen LogP contribution is -1.98. The van der Waals surface area contributed by atoms with E-state index in [1.54, 1.807) is 18.2 Å². The number of hydrogen-bond acceptors (Lipinski definition) is 4. The number of nitrogens with zero attached hydrogens (tertiary/aromatic N) is 2. The van der Waals surface area contributed by atoms with E-state index < -0.39 is 0 Å². The van der Waals surface area contributed by atoms with Crippen molar-refractivity contribution in [3.63, 3.8) is 0 Å². The van der Waals surface area contributed by atoms with Crippen LogP contribution in [0.15, 0.2) is 18.2 Å². The minimum absolute atomic E-state index is 0.0747. The van der Waals surface area contributed by atoms with E-state index in [1.165, 1.54) is 7.11 Å². The smallest absolute Gasteiger partial charge is 0.221 e. The fourth-order valence-corrected chi connectivity index (χ4v) is 2.09. The first-order valence-electron chi connectivity index (χ1n) is 4.85. The highest BCUT2D eigenvalue weighted by atomic mass is 35.5. The molecule has 0 saturated heterocycles. The lowest BCUT2D eigenvalue weighted by Gasteiger charge is -2.11. The summed E-state index contributed by atoms with van der Waals surface area (Å²) < 4.78 is 5.23. The Morgan fingerprint density at radius 2 is 1.89 bits per heavy atom. The molecular weight excluding hydrogens is 296 g/mol. The molecule has 2 aromatic rings. The van der Waals surface area contributed by atoms with Gasteiger partial charge in [-0.25, -0.2) is 9.97 Å². The Labute approximate surface area is 119 Å². The van der Waals surface area contributed by atoms with Crippen LogP contribution in [0.25, 0.3) is 11.3 Å². The van der Waals surface area contributed by atoms with E-state index in [4.69, 9.17) is 45.3 Å². The lowest BCUT2D eigenvalue weighted by atomic mass is 10.1. The molecule has 94 valence electrons. The number of anilines is 1. The van der Waals surface area contributed by atoms with Crippen LogP contribution in [0.2, 0.25) is 15.2 Å². The number of methoxy groups -OCH3 is 1. The van der Waals surface area contributed by atoms with Gasteiger partial charge in [0.25, 0.3) is 0 Å². The summed E-state index contributed by atoms with van der Waals surface area (Å²) in [6.07, 6.45) is 0. The summed E-state index contributed by atoms with van der Waals surface area (Å²) in [5, 5.41) is 0.945. The summed E-state index contributed by atoms with van der Waals surface area (Å²) >= 11 is 17.8. The predicted molar refractivity (Wildman–Crippen MR) is 73.5 cm³/mol. The maximum Gasteiger partial charge on any atom is 0.221 e. The van der Waals surface area contributed by atoms with Crippen LogP contribution in [0.1, 0.15) is 0 Å². The summed E-state index contributed by atoms with van der Waals surface area (Å²) in [6, 6.07) is 4.94. The minimum Gasteiger partial charge on any atom is -0.494 e. The van der Waals surface area contributed by atoms with Crippen molar-refractivity contribution in [2.24, 2.45) is 0 Å². The number of nitrogens with two attached hydrogens (primary N) is 1. The third kappa shape index (κ3) is 2.46. The van der Waals surface area contributed by atoms with Gasteiger partial charge in [0.1, 0.15) is 15.9 Å². The van der Waals surface area contributed by atoms with E-state index in [-0.39, 0.29) is 11.1 Å². The summed E-state index contributed by atoms with van der Waals surface area (Å²) in [5.41, 5.74) is 6.71. The van der Waals surface area contributed by atoms with Crippen molar-refractivity contribution in [1.82, 2.24) is 9.97 Å². The molecule has 0 unspecified atom stereocenters. The van der Waals surface area contributed by atoms with Crippen LogP contribution < -0.4 is 10.5 Å². The van der Waals surface area contributed by atoms with Crippen LogP contribution in [0.5, 0.6) is 5.75 Å². The first kappa shape index (κ1) is 13.2. The third-order valence-electron chi connectivity index (χ3n) is 2.24. The number of nitrogen functional groups attached to an aromatic ring is 1. The van der Waals surface area contributed by atoms with Gasteiger partial charge in [-0.1, -0.05) is 34.8 Å². The summed E-state index contributed by atoms with van der Waals surface area (Å²) in [4.78, 5) is 7.87. The van der Waals surface area contributed by atoms with E-state index in [1.807, 2.05) is 0 Å². The number of hydrogen-bond donors (Lipinski definition) is 1. The number of aromatic nitrogens is 2. The van der Waals surface area contributed by atoms with Crippen LogP contribution in [0.3, 0.4) is 0 Å². The Hall–Kier alpha value is -1.23. The number of ether oxygens (including phenoxy) is 1. The Bertz CT molecular complexity index is 584. The molecule has 0 bridgehead atoms. The van der Waals surface area contributed by atoms with Crippen molar-refractivity contribution >= 4 is 40.8 Å². The Morgan fingerprint density at radius 1 is 1.17 bits per heavy atom. The van der Waals surface area contributed by atoms with Gasteiger partial charge in [0.2, 0.25) is 5.95 Å². The molecule has 1 aromatic heterocycles. The minimum atomic E-state index is 0.0747. The number of halogens is 3. The summed E-state index contributed by atoms with van der Waals surface area (Å²) in [6.45, 7) is 0. The molecule has 0 aliphatic rings. The van der Waals surface area contributed by atoms with Crippen molar-refractivity contribution in [3.05, 3.63) is 33.4 Å². The van der Waals surface area contributed by atoms with E-state index >= 15 is 0 Å². The molecule has 0 atom stereocenters. The molecule has 0 saturated carbocycles. The fourth-order valence-electron chi connectivity index (χ4n) is 1.51. The maximum absolute atomic E-state index is 6.06. The zero-order valence-corrected chi connectivity index (χ0v) is 11.5. The monoisotopic (exact) mass is 303 g/mol. The summed E-state index contributed by atoms with van der Waals surface area (Å²) in [7, 11) is 1.49. The lowest BCUT2D eigenvalue weighted by molar-refractivity contribution is 0.416. The van der Waals surface area contributed by atoms with Crippen LogP contribution in [0.4, 0.5) is 5.95 Å². The second kappa shape index (κ2) is 5.18. The molecule has 0 aliphatic carbocycles. The van der Waals surface area contributed by atoms with Gasteiger partial charge < -0.3 is 10.5 Å². The molecule has 0 aliphatic heterocycles. The SMILES string of the molecule is COc1c(-c2cc(Cl)nc(N)n2)ccc(Cl)c1Cl. The van der Waals surface area contributed by atoms with Gasteiger partial charge in [-0.15, -0.1) is 0 Å². The first-order valence-corrected chi connectivity index (χ1v) is 5.98. The Morgan fingerprint density at radius 3 is 2.50 bits per heavy atom. The molecule has 1 aromatic carbocycles. The molecule has 18 heavy (non-hydrogen) atoms. The topological polar surface area (TPSA) is 61.0 Å². The molecule has 2 N–H and O–H groups in total. The Balaban J connectivity index is 2.67. The third-order valence-corrected chi connectivity index (χ3v) is 3.22. The predicted octanol–water partition coefficient (Wildman–Crippen LogP) is 3.69. The molecule has 1 heterocycles. The molecule has 0 radical (unpaired) electrons. The van der Waals surface area contributed by atoms with Crippen LogP contribution in [-0.2, 0) is 0 Å². The molecule has 0 amide bonds. The average molecular weight is 305 g/mol. The quantitative estimate of drug-likeness (QED) is 0.859. The van der Waals surface area contributed by atoms with Gasteiger partial charge in [0.05, 0.1) is 17.8 Å². The van der Waals surface area contributed by atoms with Crippen LogP contribution in [-0.4, -0.2) is 17.1 Å². The van der Waals surface area contributed by atoms with Crippen LogP contribution in [0, 0.1) is 0 Å². The van der Waals surface area contributed by atoms with Gasteiger partial charge in [0.15, 0.2) is 0 Å². The molecule has 4 nitrogen and oxygen atoms in total. The van der Waals surface area contributed by atoms with Gasteiger partial charge in [0, 0.05) is 11.6 Å². The second-order valence-electron chi connectivity index (χ2n) is 3.38. The van der Waals surface area contributed by atoms with Crippen molar-refractivity contribution in [2.75, 3.05) is 12.8 Å². The fraction of sp³-hybridized carbons (Fsp3) is 0.0909. The van der Waals surface area contributed by atoms with Gasteiger partial charge in [-0.05, 0) is 12.1 Å². The largest absolute Gasteiger partial charge is 0.494 e. The maximum atomic E-state index is 6.06. The molecule has 0 fully saturated rings. The highest BCUT2D eigenvalue weighted by Gasteiger charge is 2.15. The first-order chi connectivity index (χ1) is 8.52. The van der Waals surface area contributed by atoms with E-state index in [0.717, 1.165) is 0 Å². The zero-order valence-electron chi connectivity index (χ0n) is 9.25. The van der Waals surface area contributed by atoms with Crippen molar-refractivity contribution in [2.45, 2.75) is 0 Å². The normalized spacial score (nSPS) is 10.4. The van der Waals surface area contributed by atoms with Crippen molar-refractivity contribution < 1.29 is 4.74 Å². The zero-order chi connectivity index (χ0) is 13.3. The van der Waals surface area contributed by atoms with E-state index in [2.05, 4.69) is 9.97 Å². The standard InChI is InChI=1S/C11H8Cl3N3O/c1-18-10-5(2-3-6(12)9(10)14)7-4-8(13)17-11(15)16-7/h2-4H,1H3,(H2,15,16,17). The van der Waals surface area contributed by atoms with Gasteiger partial charge in [-0.2, -0.15) is 0 Å². The molecule has 7 heteroatoms. The summed E-state index contributed by atoms with van der Waals surface area (Å²) in [5.74, 6) is 0.490. The molecule has 0 spiro atoms. The molecule has 2 rings (SSSR count). The Kier molecular flexibility index (Phi) is 3.80. The second-order valence-corrected chi connectivity index (χ2v) is 4.55. The number of benzene rings is 1. The van der Waals surface area contributed by atoms with Crippen molar-refractivity contribution in [1.29, 1.82) is 0 Å². The van der Waals surface area contributed by atoms with Crippen molar-refractivity contribution in [3.8, 4) is 17.0 Å². The van der Waals surface area contributed by atoms with E-state index in [0.29, 0.717) is 27.1 Å². The molecular formula is C11H8Cl3N3O. The van der Waals surface area contributed by atoms with Gasteiger partial charge >= 0.3 is 0 Å². The van der Waals surface area contributed by atoms with Gasteiger partial charge in [-0.3, -0.25) is 0 Å². The van der Waals surface area contributed by atoms with Crippen LogP contribution >= 0.6 is 34.8 Å². The highest BCUT2D eigenvalue weighted by molar-refractivity contribution is 6.43.